The number of anilines is 1. The Kier molecular flexibility index (Phi) is 6.78. The highest BCUT2D eigenvalue weighted by Crippen LogP contribution is 2.18. The van der Waals surface area contributed by atoms with Crippen LogP contribution in [-0.4, -0.2) is 43.6 Å². The first-order valence-corrected chi connectivity index (χ1v) is 10.8. The lowest BCUT2D eigenvalue weighted by Gasteiger charge is -2.13. The van der Waals surface area contributed by atoms with Gasteiger partial charge in [-0.1, -0.05) is 18.2 Å². The molecule has 31 heavy (non-hydrogen) atoms. The Morgan fingerprint density at radius 1 is 0.935 bits per heavy atom. The van der Waals surface area contributed by atoms with E-state index in [1.165, 1.54) is 38.4 Å². The number of aromatic nitrogens is 1. The fourth-order valence-corrected chi connectivity index (χ4v) is 3.66. The number of sulfonamides is 1. The second-order valence-electron chi connectivity index (χ2n) is 6.86. The van der Waals surface area contributed by atoms with Crippen LogP contribution in [0.25, 0.3) is 0 Å². The molecule has 0 aliphatic heterocycles. The lowest BCUT2D eigenvalue weighted by Crippen LogP contribution is -2.25. The molecule has 0 aliphatic rings. The molecule has 0 spiro atoms. The van der Waals surface area contributed by atoms with Gasteiger partial charge in [-0.2, -0.15) is 0 Å². The van der Waals surface area contributed by atoms with Crippen molar-refractivity contribution < 1.29 is 18.0 Å². The molecule has 2 N–H and O–H groups in total. The van der Waals surface area contributed by atoms with E-state index in [1.54, 1.807) is 42.7 Å². The zero-order valence-corrected chi connectivity index (χ0v) is 17.9. The molecule has 0 fully saturated rings. The van der Waals surface area contributed by atoms with Crippen LogP contribution in [0.3, 0.4) is 0 Å². The third-order valence-electron chi connectivity index (χ3n) is 4.49. The molecule has 1 heterocycles. The van der Waals surface area contributed by atoms with Crippen molar-refractivity contribution >= 4 is 27.5 Å². The molecule has 0 aliphatic carbocycles. The van der Waals surface area contributed by atoms with Gasteiger partial charge in [0.15, 0.2) is 0 Å². The van der Waals surface area contributed by atoms with E-state index in [0.717, 1.165) is 9.87 Å². The van der Waals surface area contributed by atoms with Gasteiger partial charge in [0.25, 0.3) is 11.8 Å². The molecule has 2 aromatic carbocycles. The van der Waals surface area contributed by atoms with E-state index >= 15 is 0 Å². The van der Waals surface area contributed by atoms with Crippen molar-refractivity contribution in [2.24, 2.45) is 0 Å². The summed E-state index contributed by atoms with van der Waals surface area (Å²) in [5.74, 6) is -0.798. The topological polar surface area (TPSA) is 108 Å². The highest BCUT2D eigenvalue weighted by Gasteiger charge is 2.18. The SMILES string of the molecule is CN(C)S(=O)(=O)c1ccc(C(=O)Nc2ccccc2C(=O)NCc2cccnc2)cc1. The molecule has 2 amide bonds. The number of hydrogen-bond acceptors (Lipinski definition) is 5. The van der Waals surface area contributed by atoms with Crippen molar-refractivity contribution in [1.29, 1.82) is 0 Å². The summed E-state index contributed by atoms with van der Waals surface area (Å²) >= 11 is 0. The minimum Gasteiger partial charge on any atom is -0.348 e. The molecule has 0 saturated carbocycles. The first-order valence-electron chi connectivity index (χ1n) is 9.39. The molecular weight excluding hydrogens is 416 g/mol. The average molecular weight is 439 g/mol. The smallest absolute Gasteiger partial charge is 0.255 e. The van der Waals surface area contributed by atoms with E-state index in [0.29, 0.717) is 17.8 Å². The Bertz CT molecular complexity index is 1180. The molecule has 3 aromatic rings. The second kappa shape index (κ2) is 9.50. The number of carbonyl (C=O) groups excluding carboxylic acids is 2. The van der Waals surface area contributed by atoms with Crippen LogP contribution in [-0.2, 0) is 16.6 Å². The fraction of sp³-hybridized carbons (Fsp3) is 0.136. The van der Waals surface area contributed by atoms with Crippen molar-refractivity contribution in [2.75, 3.05) is 19.4 Å². The van der Waals surface area contributed by atoms with Gasteiger partial charge in [-0.25, -0.2) is 12.7 Å². The number of nitrogens with one attached hydrogen (secondary N) is 2. The predicted molar refractivity (Wildman–Crippen MR) is 117 cm³/mol. The van der Waals surface area contributed by atoms with Crippen LogP contribution in [0.5, 0.6) is 0 Å². The van der Waals surface area contributed by atoms with Crippen LogP contribution < -0.4 is 10.6 Å². The minimum atomic E-state index is -3.58. The summed E-state index contributed by atoms with van der Waals surface area (Å²) in [5.41, 5.74) is 1.78. The summed E-state index contributed by atoms with van der Waals surface area (Å²) in [5, 5.41) is 5.52. The maximum Gasteiger partial charge on any atom is 0.255 e. The molecule has 0 unspecified atom stereocenters. The van der Waals surface area contributed by atoms with Gasteiger partial charge < -0.3 is 10.6 Å². The first-order chi connectivity index (χ1) is 14.8. The Morgan fingerprint density at radius 3 is 2.29 bits per heavy atom. The summed E-state index contributed by atoms with van der Waals surface area (Å²) in [6.07, 6.45) is 3.31. The number of pyridine rings is 1. The number of hydrogen-bond donors (Lipinski definition) is 2. The standard InChI is InChI=1S/C22H22N4O4S/c1-26(2)31(29,30)18-11-9-17(10-12-18)21(27)25-20-8-4-3-7-19(20)22(28)24-15-16-6-5-13-23-14-16/h3-14H,15H2,1-2H3,(H,24,28)(H,25,27). The molecule has 3 rings (SSSR count). The maximum atomic E-state index is 12.7. The first kappa shape index (κ1) is 22.1. The van der Waals surface area contributed by atoms with Gasteiger partial charge in [-0.3, -0.25) is 14.6 Å². The van der Waals surface area contributed by atoms with Crippen LogP contribution >= 0.6 is 0 Å². The summed E-state index contributed by atoms with van der Waals surface area (Å²) in [7, 11) is -0.708. The second-order valence-corrected chi connectivity index (χ2v) is 9.01. The van der Waals surface area contributed by atoms with Crippen molar-refractivity contribution in [2.45, 2.75) is 11.4 Å². The summed E-state index contributed by atoms with van der Waals surface area (Å²) in [6, 6.07) is 15.9. The molecule has 160 valence electrons. The molecule has 0 bridgehead atoms. The number of carbonyl (C=O) groups is 2. The molecular formula is C22H22N4O4S. The monoisotopic (exact) mass is 438 g/mol. The number of benzene rings is 2. The van der Waals surface area contributed by atoms with E-state index in [1.807, 2.05) is 6.07 Å². The van der Waals surface area contributed by atoms with Gasteiger partial charge in [-0.15, -0.1) is 0 Å². The quantitative estimate of drug-likeness (QED) is 0.589. The van der Waals surface area contributed by atoms with E-state index in [2.05, 4.69) is 15.6 Å². The van der Waals surface area contributed by atoms with Crippen LogP contribution in [0, 0.1) is 0 Å². The van der Waals surface area contributed by atoms with E-state index in [-0.39, 0.29) is 16.4 Å². The van der Waals surface area contributed by atoms with E-state index in [4.69, 9.17) is 0 Å². The van der Waals surface area contributed by atoms with Crippen molar-refractivity contribution in [1.82, 2.24) is 14.6 Å². The Morgan fingerprint density at radius 2 is 1.65 bits per heavy atom. The summed E-state index contributed by atoms with van der Waals surface area (Å²) in [4.78, 5) is 29.4. The predicted octanol–water partition coefficient (Wildman–Crippen LogP) is 2.51. The lowest BCUT2D eigenvalue weighted by atomic mass is 10.1. The zero-order valence-electron chi connectivity index (χ0n) is 17.1. The van der Waals surface area contributed by atoms with Crippen molar-refractivity contribution in [3.05, 3.63) is 89.7 Å². The van der Waals surface area contributed by atoms with Gasteiger partial charge >= 0.3 is 0 Å². The highest BCUT2D eigenvalue weighted by atomic mass is 32.2. The van der Waals surface area contributed by atoms with Gasteiger partial charge in [0.1, 0.15) is 0 Å². The van der Waals surface area contributed by atoms with Crippen LogP contribution in [0.4, 0.5) is 5.69 Å². The fourth-order valence-electron chi connectivity index (χ4n) is 2.75. The van der Waals surface area contributed by atoms with Gasteiger partial charge in [0, 0.05) is 38.6 Å². The number of nitrogens with zero attached hydrogens (tertiary/aromatic N) is 2. The maximum absolute atomic E-state index is 12.7. The number of amides is 2. The largest absolute Gasteiger partial charge is 0.348 e. The zero-order chi connectivity index (χ0) is 22.4. The van der Waals surface area contributed by atoms with Crippen LogP contribution in [0.2, 0.25) is 0 Å². The third-order valence-corrected chi connectivity index (χ3v) is 6.32. The number of rotatable bonds is 7. The lowest BCUT2D eigenvalue weighted by molar-refractivity contribution is 0.0951. The van der Waals surface area contributed by atoms with Crippen LogP contribution in [0.1, 0.15) is 26.3 Å². The van der Waals surface area contributed by atoms with E-state index in [9.17, 15) is 18.0 Å². The average Bonchev–Trinajstić information content (AvgIpc) is 2.78. The van der Waals surface area contributed by atoms with Crippen LogP contribution in [0.15, 0.2) is 78.0 Å². The number of para-hydroxylation sites is 1. The van der Waals surface area contributed by atoms with E-state index < -0.39 is 15.9 Å². The third kappa shape index (κ3) is 5.33. The van der Waals surface area contributed by atoms with Gasteiger partial charge in [-0.05, 0) is 48.0 Å². The molecule has 0 saturated heterocycles. The molecule has 8 nitrogen and oxygen atoms in total. The van der Waals surface area contributed by atoms with Crippen molar-refractivity contribution in [3.63, 3.8) is 0 Å². The van der Waals surface area contributed by atoms with Gasteiger partial charge in [0.05, 0.1) is 16.1 Å². The minimum absolute atomic E-state index is 0.0872. The molecule has 9 heteroatoms. The Hall–Kier alpha value is -3.56. The molecule has 0 radical (unpaired) electrons. The highest BCUT2D eigenvalue weighted by molar-refractivity contribution is 7.89. The summed E-state index contributed by atoms with van der Waals surface area (Å²) < 4.78 is 25.4. The Balaban J connectivity index is 1.73. The normalized spacial score (nSPS) is 11.2. The summed E-state index contributed by atoms with van der Waals surface area (Å²) in [6.45, 7) is 0.302. The molecule has 0 atom stereocenters. The van der Waals surface area contributed by atoms with Crippen molar-refractivity contribution in [3.8, 4) is 0 Å². The Labute approximate surface area is 181 Å². The van der Waals surface area contributed by atoms with Gasteiger partial charge in [0.2, 0.25) is 10.0 Å². The molecule has 1 aromatic heterocycles.